The van der Waals surface area contributed by atoms with E-state index >= 15 is 0 Å². The van der Waals surface area contributed by atoms with Crippen LogP contribution in [0, 0.1) is 6.92 Å². The molecular weight excluding hydrogens is 218 g/mol. The molecule has 3 heteroatoms. The summed E-state index contributed by atoms with van der Waals surface area (Å²) in [7, 11) is 0. The van der Waals surface area contributed by atoms with Gasteiger partial charge in [-0.3, -0.25) is 0 Å². The summed E-state index contributed by atoms with van der Waals surface area (Å²) in [5, 5.41) is 13.1. The summed E-state index contributed by atoms with van der Waals surface area (Å²) in [4.78, 5) is 4.21. The second-order valence-electron chi connectivity index (χ2n) is 3.89. The van der Waals surface area contributed by atoms with Crippen LogP contribution in [0.3, 0.4) is 0 Å². The van der Waals surface area contributed by atoms with Gasteiger partial charge >= 0.3 is 0 Å². The maximum absolute atomic E-state index is 10.0. The highest BCUT2D eigenvalue weighted by atomic mass is 32.1. The van der Waals surface area contributed by atoms with Crippen LogP contribution in [0.15, 0.2) is 35.8 Å². The third-order valence-electron chi connectivity index (χ3n) is 2.54. The van der Waals surface area contributed by atoms with E-state index in [1.54, 1.807) is 17.5 Å². The maximum atomic E-state index is 10.0. The summed E-state index contributed by atoms with van der Waals surface area (Å²) in [6.07, 6.45) is 2.99. The molecular formula is C13H15NOS. The summed E-state index contributed by atoms with van der Waals surface area (Å²) >= 11 is 1.64. The molecule has 0 amide bonds. The van der Waals surface area contributed by atoms with Gasteiger partial charge in [-0.1, -0.05) is 29.8 Å². The van der Waals surface area contributed by atoms with E-state index in [0.717, 1.165) is 23.4 Å². The Morgan fingerprint density at radius 2 is 2.31 bits per heavy atom. The van der Waals surface area contributed by atoms with Crippen molar-refractivity contribution < 1.29 is 5.11 Å². The Hall–Kier alpha value is -1.19. The van der Waals surface area contributed by atoms with E-state index in [2.05, 4.69) is 4.98 Å². The van der Waals surface area contributed by atoms with E-state index in [1.165, 1.54) is 5.56 Å². The topological polar surface area (TPSA) is 33.1 Å². The summed E-state index contributed by atoms with van der Waals surface area (Å²) in [5.74, 6) is 0. The van der Waals surface area contributed by atoms with Crippen LogP contribution in [0.4, 0.5) is 0 Å². The molecule has 0 fully saturated rings. The van der Waals surface area contributed by atoms with Crippen LogP contribution in [-0.2, 0) is 6.42 Å². The molecule has 84 valence electrons. The molecule has 1 atom stereocenters. The Labute approximate surface area is 99.6 Å². The van der Waals surface area contributed by atoms with Crippen LogP contribution < -0.4 is 0 Å². The van der Waals surface area contributed by atoms with Crippen LogP contribution in [0.5, 0.6) is 0 Å². The number of aliphatic hydroxyl groups is 1. The van der Waals surface area contributed by atoms with Crippen molar-refractivity contribution in [2.45, 2.75) is 25.9 Å². The van der Waals surface area contributed by atoms with Gasteiger partial charge in [0.1, 0.15) is 0 Å². The predicted molar refractivity (Wildman–Crippen MR) is 66.6 cm³/mol. The smallest absolute Gasteiger partial charge is 0.0925 e. The van der Waals surface area contributed by atoms with Crippen molar-refractivity contribution in [1.82, 2.24) is 4.98 Å². The summed E-state index contributed by atoms with van der Waals surface area (Å²) in [6, 6.07) is 8.03. The lowest BCUT2D eigenvalue weighted by molar-refractivity contribution is 0.167. The Morgan fingerprint density at radius 1 is 1.44 bits per heavy atom. The molecule has 2 nitrogen and oxygen atoms in total. The molecule has 1 aromatic heterocycles. The second kappa shape index (κ2) is 5.23. The second-order valence-corrected chi connectivity index (χ2v) is 4.87. The van der Waals surface area contributed by atoms with Crippen LogP contribution in [0.2, 0.25) is 0 Å². The molecule has 0 radical (unpaired) electrons. The molecule has 1 heterocycles. The van der Waals surface area contributed by atoms with Gasteiger partial charge in [0, 0.05) is 18.0 Å². The first-order valence-electron chi connectivity index (χ1n) is 5.39. The quantitative estimate of drug-likeness (QED) is 0.880. The zero-order chi connectivity index (χ0) is 11.4. The van der Waals surface area contributed by atoms with Crippen LogP contribution >= 0.6 is 11.3 Å². The SMILES string of the molecule is Cc1cccc(C(O)CCc2nccs2)c1. The van der Waals surface area contributed by atoms with Crippen molar-refractivity contribution >= 4 is 11.3 Å². The third-order valence-corrected chi connectivity index (χ3v) is 3.38. The number of aromatic nitrogens is 1. The molecule has 0 aliphatic heterocycles. The molecule has 0 saturated heterocycles. The Kier molecular flexibility index (Phi) is 3.70. The van der Waals surface area contributed by atoms with Crippen LogP contribution in [-0.4, -0.2) is 10.1 Å². The molecule has 0 aliphatic carbocycles. The Bertz CT molecular complexity index is 439. The van der Waals surface area contributed by atoms with Gasteiger partial charge in [0.25, 0.3) is 0 Å². The molecule has 0 aliphatic rings. The third kappa shape index (κ3) is 2.90. The van der Waals surface area contributed by atoms with Crippen molar-refractivity contribution in [3.63, 3.8) is 0 Å². The predicted octanol–water partition coefficient (Wildman–Crippen LogP) is 3.12. The minimum Gasteiger partial charge on any atom is -0.388 e. The molecule has 1 N–H and O–H groups in total. The summed E-state index contributed by atoms with van der Waals surface area (Å²) in [6.45, 7) is 2.04. The Morgan fingerprint density at radius 3 is 3.00 bits per heavy atom. The number of aryl methyl sites for hydroxylation is 2. The fourth-order valence-electron chi connectivity index (χ4n) is 1.68. The minimum absolute atomic E-state index is 0.385. The van der Waals surface area contributed by atoms with Crippen molar-refractivity contribution in [3.05, 3.63) is 52.0 Å². The van der Waals surface area contributed by atoms with Gasteiger partial charge in [0.05, 0.1) is 11.1 Å². The minimum atomic E-state index is -0.385. The zero-order valence-electron chi connectivity index (χ0n) is 9.26. The van der Waals surface area contributed by atoms with Gasteiger partial charge in [0.15, 0.2) is 0 Å². The van der Waals surface area contributed by atoms with E-state index in [4.69, 9.17) is 0 Å². The van der Waals surface area contributed by atoms with E-state index in [-0.39, 0.29) is 6.10 Å². The van der Waals surface area contributed by atoms with E-state index in [1.807, 2.05) is 36.6 Å². The monoisotopic (exact) mass is 233 g/mol. The molecule has 1 aromatic carbocycles. The van der Waals surface area contributed by atoms with Gasteiger partial charge in [-0.15, -0.1) is 11.3 Å². The van der Waals surface area contributed by atoms with Crippen LogP contribution in [0.1, 0.15) is 28.7 Å². The lowest BCUT2D eigenvalue weighted by Gasteiger charge is -2.10. The lowest BCUT2D eigenvalue weighted by atomic mass is 10.0. The van der Waals surface area contributed by atoms with Crippen molar-refractivity contribution in [2.75, 3.05) is 0 Å². The largest absolute Gasteiger partial charge is 0.388 e. The van der Waals surface area contributed by atoms with Gasteiger partial charge in [-0.2, -0.15) is 0 Å². The Balaban J connectivity index is 1.95. The maximum Gasteiger partial charge on any atom is 0.0925 e. The van der Waals surface area contributed by atoms with Crippen LogP contribution in [0.25, 0.3) is 0 Å². The average Bonchev–Trinajstić information content (AvgIpc) is 2.78. The van der Waals surface area contributed by atoms with E-state index in [0.29, 0.717) is 0 Å². The molecule has 2 aromatic rings. The highest BCUT2D eigenvalue weighted by Gasteiger charge is 2.08. The highest BCUT2D eigenvalue weighted by Crippen LogP contribution is 2.20. The van der Waals surface area contributed by atoms with E-state index in [9.17, 15) is 5.11 Å². The first-order chi connectivity index (χ1) is 7.75. The number of nitrogens with zero attached hydrogens (tertiary/aromatic N) is 1. The highest BCUT2D eigenvalue weighted by molar-refractivity contribution is 7.09. The first kappa shape index (κ1) is 11.3. The molecule has 0 bridgehead atoms. The zero-order valence-corrected chi connectivity index (χ0v) is 10.1. The number of benzene rings is 1. The van der Waals surface area contributed by atoms with Gasteiger partial charge < -0.3 is 5.11 Å². The first-order valence-corrected chi connectivity index (χ1v) is 6.26. The average molecular weight is 233 g/mol. The fourth-order valence-corrected chi connectivity index (χ4v) is 2.32. The lowest BCUT2D eigenvalue weighted by Crippen LogP contribution is -1.99. The number of hydrogen-bond acceptors (Lipinski definition) is 3. The summed E-state index contributed by atoms with van der Waals surface area (Å²) in [5.41, 5.74) is 2.18. The molecule has 2 rings (SSSR count). The number of thiazole rings is 1. The number of hydrogen-bond donors (Lipinski definition) is 1. The van der Waals surface area contributed by atoms with Crippen molar-refractivity contribution in [2.24, 2.45) is 0 Å². The van der Waals surface area contributed by atoms with Crippen molar-refractivity contribution in [1.29, 1.82) is 0 Å². The van der Waals surface area contributed by atoms with Gasteiger partial charge in [-0.05, 0) is 18.9 Å². The normalized spacial score (nSPS) is 12.6. The number of aliphatic hydroxyl groups excluding tert-OH is 1. The van der Waals surface area contributed by atoms with Crippen molar-refractivity contribution in [3.8, 4) is 0 Å². The number of rotatable bonds is 4. The molecule has 0 saturated carbocycles. The van der Waals surface area contributed by atoms with Gasteiger partial charge in [0.2, 0.25) is 0 Å². The summed E-state index contributed by atoms with van der Waals surface area (Å²) < 4.78 is 0. The standard InChI is InChI=1S/C13H15NOS/c1-10-3-2-4-11(9-10)12(15)5-6-13-14-7-8-16-13/h2-4,7-9,12,15H,5-6H2,1H3. The molecule has 1 unspecified atom stereocenters. The molecule has 0 spiro atoms. The van der Waals surface area contributed by atoms with E-state index < -0.39 is 0 Å². The molecule has 16 heavy (non-hydrogen) atoms. The fraction of sp³-hybridized carbons (Fsp3) is 0.308. The van der Waals surface area contributed by atoms with Gasteiger partial charge in [-0.25, -0.2) is 4.98 Å².